The lowest BCUT2D eigenvalue weighted by atomic mass is 9.89. The van der Waals surface area contributed by atoms with Crippen LogP contribution in [-0.4, -0.2) is 22.9 Å². The van der Waals surface area contributed by atoms with Crippen LogP contribution in [0.2, 0.25) is 0 Å². The summed E-state index contributed by atoms with van der Waals surface area (Å²) in [5.41, 5.74) is 3.59. The first-order valence-electron chi connectivity index (χ1n) is 8.36. The minimum absolute atomic E-state index is 0.0119. The smallest absolute Gasteiger partial charge is 0.330 e. The van der Waals surface area contributed by atoms with Crippen molar-refractivity contribution in [1.29, 1.82) is 0 Å². The van der Waals surface area contributed by atoms with Gasteiger partial charge in [-0.25, -0.2) is 4.79 Å². The van der Waals surface area contributed by atoms with Crippen LogP contribution in [0.3, 0.4) is 0 Å². The van der Waals surface area contributed by atoms with Crippen molar-refractivity contribution in [2.45, 2.75) is 32.2 Å². The topological polar surface area (TPSA) is 95.5 Å². The molecule has 2 unspecified atom stereocenters. The summed E-state index contributed by atoms with van der Waals surface area (Å²) in [4.78, 5) is 36.6. The molecule has 0 fully saturated rings. The molecule has 0 saturated carbocycles. The van der Waals surface area contributed by atoms with E-state index in [9.17, 15) is 19.5 Å². The van der Waals surface area contributed by atoms with Gasteiger partial charge in [0.25, 0.3) is 0 Å². The van der Waals surface area contributed by atoms with Gasteiger partial charge < -0.3 is 15.7 Å². The van der Waals surface area contributed by atoms with Crippen molar-refractivity contribution in [2.75, 3.05) is 5.32 Å². The van der Waals surface area contributed by atoms with Gasteiger partial charge >= 0.3 is 5.97 Å². The van der Waals surface area contributed by atoms with E-state index in [0.29, 0.717) is 16.8 Å². The first-order valence-corrected chi connectivity index (χ1v) is 8.36. The van der Waals surface area contributed by atoms with Crippen molar-refractivity contribution in [3.8, 4) is 0 Å². The van der Waals surface area contributed by atoms with Crippen molar-refractivity contribution < 1.29 is 19.5 Å². The normalized spacial score (nSPS) is 17.0. The van der Waals surface area contributed by atoms with E-state index in [-0.39, 0.29) is 12.3 Å². The van der Waals surface area contributed by atoms with Gasteiger partial charge in [-0.05, 0) is 42.2 Å². The fraction of sp³-hybridized carbons (Fsp3) is 0.250. The summed E-state index contributed by atoms with van der Waals surface area (Å²) in [5, 5.41) is 15.0. The van der Waals surface area contributed by atoms with E-state index >= 15 is 0 Å². The van der Waals surface area contributed by atoms with Crippen LogP contribution in [0.1, 0.15) is 40.6 Å². The third kappa shape index (κ3) is 3.31. The Morgan fingerprint density at radius 1 is 1.15 bits per heavy atom. The molecule has 1 aliphatic rings. The van der Waals surface area contributed by atoms with Gasteiger partial charge in [-0.3, -0.25) is 9.59 Å². The number of amides is 2. The van der Waals surface area contributed by atoms with Gasteiger partial charge in [0, 0.05) is 12.1 Å². The molecule has 0 aliphatic carbocycles. The Balaban J connectivity index is 1.91. The number of aliphatic carboxylic acids is 1. The summed E-state index contributed by atoms with van der Waals surface area (Å²) >= 11 is 0. The van der Waals surface area contributed by atoms with Gasteiger partial charge in [-0.2, -0.15) is 0 Å². The molecule has 2 aromatic rings. The molecule has 26 heavy (non-hydrogen) atoms. The van der Waals surface area contributed by atoms with Crippen molar-refractivity contribution in [3.63, 3.8) is 0 Å². The molecule has 1 aliphatic heterocycles. The van der Waals surface area contributed by atoms with Crippen LogP contribution < -0.4 is 10.6 Å². The van der Waals surface area contributed by atoms with E-state index in [2.05, 4.69) is 10.6 Å². The number of hydrogen-bond donors (Lipinski definition) is 3. The van der Waals surface area contributed by atoms with E-state index in [4.69, 9.17) is 0 Å². The minimum Gasteiger partial charge on any atom is -0.479 e. The van der Waals surface area contributed by atoms with Gasteiger partial charge in [-0.15, -0.1) is 0 Å². The van der Waals surface area contributed by atoms with E-state index in [1.54, 1.807) is 36.4 Å². The third-order valence-electron chi connectivity index (χ3n) is 4.81. The van der Waals surface area contributed by atoms with E-state index < -0.39 is 23.8 Å². The minimum atomic E-state index is -1.17. The molecule has 3 rings (SSSR count). The van der Waals surface area contributed by atoms with Crippen LogP contribution in [0.4, 0.5) is 5.69 Å². The van der Waals surface area contributed by atoms with E-state index in [1.165, 1.54) is 0 Å². The standard InChI is InChI=1S/C20H20N2O4/c1-11-6-5-8-13(12(11)2)18(20(25)26)22-19(24)15-10-17(23)21-16-9-4-3-7-14(15)16/h3-9,15,18H,10H2,1-2H3,(H,21,23)(H,22,24)(H,25,26). The molecule has 0 bridgehead atoms. The Kier molecular flexibility index (Phi) is 4.75. The fourth-order valence-corrected chi connectivity index (χ4v) is 3.25. The van der Waals surface area contributed by atoms with Gasteiger partial charge in [0.05, 0.1) is 5.92 Å². The van der Waals surface area contributed by atoms with Crippen LogP contribution in [0.25, 0.3) is 0 Å². The number of carboxylic acid groups (broad SMARTS) is 1. The van der Waals surface area contributed by atoms with Crippen LogP contribution in [0, 0.1) is 13.8 Å². The third-order valence-corrected chi connectivity index (χ3v) is 4.81. The zero-order valence-electron chi connectivity index (χ0n) is 14.6. The lowest BCUT2D eigenvalue weighted by Crippen LogP contribution is -2.40. The second-order valence-electron chi connectivity index (χ2n) is 6.46. The summed E-state index contributed by atoms with van der Waals surface area (Å²) in [6, 6.07) is 11.2. The van der Waals surface area contributed by atoms with Crippen molar-refractivity contribution in [3.05, 3.63) is 64.7 Å². The quantitative estimate of drug-likeness (QED) is 0.788. The molecule has 0 spiro atoms. The molecule has 134 valence electrons. The first-order chi connectivity index (χ1) is 12.4. The Bertz CT molecular complexity index is 891. The number of carbonyl (C=O) groups excluding carboxylic acids is 2. The fourth-order valence-electron chi connectivity index (χ4n) is 3.25. The number of fused-ring (bicyclic) bond motifs is 1. The number of rotatable bonds is 4. The molecule has 6 nitrogen and oxygen atoms in total. The number of carbonyl (C=O) groups is 3. The highest BCUT2D eigenvalue weighted by Gasteiger charge is 2.33. The van der Waals surface area contributed by atoms with Crippen LogP contribution in [0.15, 0.2) is 42.5 Å². The van der Waals surface area contributed by atoms with Crippen molar-refractivity contribution in [2.24, 2.45) is 0 Å². The Morgan fingerprint density at radius 3 is 2.62 bits per heavy atom. The summed E-state index contributed by atoms with van der Waals surface area (Å²) in [5.74, 6) is -2.59. The molecular formula is C20H20N2O4. The monoisotopic (exact) mass is 352 g/mol. The van der Waals surface area contributed by atoms with E-state index in [0.717, 1.165) is 11.1 Å². The van der Waals surface area contributed by atoms with Crippen LogP contribution >= 0.6 is 0 Å². The molecule has 1 heterocycles. The molecule has 0 aromatic heterocycles. The number of anilines is 1. The van der Waals surface area contributed by atoms with Crippen molar-refractivity contribution >= 4 is 23.5 Å². The van der Waals surface area contributed by atoms with Gasteiger partial charge in [-0.1, -0.05) is 36.4 Å². The zero-order chi connectivity index (χ0) is 18.8. The molecule has 2 amide bonds. The Hall–Kier alpha value is -3.15. The lowest BCUT2D eigenvalue weighted by Gasteiger charge is -2.26. The maximum absolute atomic E-state index is 12.8. The summed E-state index contributed by atoms with van der Waals surface area (Å²) in [6.45, 7) is 3.72. The molecule has 6 heteroatoms. The molecular weight excluding hydrogens is 332 g/mol. The average molecular weight is 352 g/mol. The SMILES string of the molecule is Cc1cccc(C(NC(=O)C2CC(=O)Nc3ccccc32)C(=O)O)c1C. The largest absolute Gasteiger partial charge is 0.479 e. The second kappa shape index (κ2) is 7.00. The van der Waals surface area contributed by atoms with Crippen LogP contribution in [0.5, 0.6) is 0 Å². The summed E-state index contributed by atoms with van der Waals surface area (Å²) in [7, 11) is 0. The van der Waals surface area contributed by atoms with Gasteiger partial charge in [0.1, 0.15) is 0 Å². The second-order valence-corrected chi connectivity index (χ2v) is 6.46. The summed E-state index contributed by atoms with van der Waals surface area (Å²) < 4.78 is 0. The number of benzene rings is 2. The Labute approximate surface area is 151 Å². The molecule has 3 N–H and O–H groups in total. The van der Waals surface area contributed by atoms with Gasteiger partial charge in [0.15, 0.2) is 6.04 Å². The van der Waals surface area contributed by atoms with Gasteiger partial charge in [0.2, 0.25) is 11.8 Å². The highest BCUT2D eigenvalue weighted by Crippen LogP contribution is 2.33. The average Bonchev–Trinajstić information content (AvgIpc) is 2.61. The van der Waals surface area contributed by atoms with Crippen LogP contribution in [-0.2, 0) is 14.4 Å². The molecule has 0 radical (unpaired) electrons. The zero-order valence-corrected chi connectivity index (χ0v) is 14.6. The number of para-hydroxylation sites is 1. The highest BCUT2D eigenvalue weighted by molar-refractivity contribution is 6.01. The maximum atomic E-state index is 12.8. The predicted molar refractivity (Wildman–Crippen MR) is 96.9 cm³/mol. The molecule has 0 saturated heterocycles. The maximum Gasteiger partial charge on any atom is 0.330 e. The lowest BCUT2D eigenvalue weighted by molar-refractivity contribution is -0.142. The molecule has 2 atom stereocenters. The number of carboxylic acids is 1. The summed E-state index contributed by atoms with van der Waals surface area (Å²) in [6.07, 6.45) is -0.0119. The Morgan fingerprint density at radius 2 is 1.88 bits per heavy atom. The number of hydrogen-bond acceptors (Lipinski definition) is 3. The number of nitrogens with one attached hydrogen (secondary N) is 2. The first kappa shape index (κ1) is 17.7. The van der Waals surface area contributed by atoms with Crippen molar-refractivity contribution in [1.82, 2.24) is 5.32 Å². The number of aryl methyl sites for hydroxylation is 1. The van der Waals surface area contributed by atoms with E-state index in [1.807, 2.05) is 19.9 Å². The predicted octanol–water partition coefficient (Wildman–Crippen LogP) is 2.67. The molecule has 2 aromatic carbocycles. The highest BCUT2D eigenvalue weighted by atomic mass is 16.4.